The Kier molecular flexibility index (Phi) is 7.76. The van der Waals surface area contributed by atoms with Crippen molar-refractivity contribution in [2.24, 2.45) is 23.7 Å². The average molecular weight is 338 g/mol. The van der Waals surface area contributed by atoms with Crippen LogP contribution < -0.4 is 0 Å². The van der Waals surface area contributed by atoms with Crippen LogP contribution in [0, 0.1) is 23.7 Å². The number of aliphatic hydroxyl groups excluding tert-OH is 1. The van der Waals surface area contributed by atoms with Gasteiger partial charge in [-0.1, -0.05) is 12.2 Å². The van der Waals surface area contributed by atoms with Crippen LogP contribution in [0.4, 0.5) is 0 Å². The molecular formula is C19H30O5. The van der Waals surface area contributed by atoms with Gasteiger partial charge in [0.15, 0.2) is 0 Å². The number of hydrogen-bond donors (Lipinski definition) is 2. The van der Waals surface area contributed by atoms with Gasteiger partial charge in [0.1, 0.15) is 0 Å². The number of carboxylic acid groups (broad SMARTS) is 1. The Balaban J connectivity index is 1.69. The van der Waals surface area contributed by atoms with Gasteiger partial charge >= 0.3 is 11.9 Å². The highest BCUT2D eigenvalue weighted by Gasteiger charge is 2.35. The first-order chi connectivity index (χ1) is 11.6. The molecule has 5 heteroatoms. The molecule has 0 heterocycles. The Bertz CT molecular complexity index is 445. The third-order valence-electron chi connectivity index (χ3n) is 5.38. The second-order valence-corrected chi connectivity index (χ2v) is 7.20. The van der Waals surface area contributed by atoms with E-state index in [9.17, 15) is 9.59 Å². The largest absolute Gasteiger partial charge is 0.481 e. The molecule has 0 aromatic heterocycles. The van der Waals surface area contributed by atoms with Gasteiger partial charge < -0.3 is 14.9 Å². The van der Waals surface area contributed by atoms with E-state index in [0.717, 1.165) is 18.8 Å². The van der Waals surface area contributed by atoms with Gasteiger partial charge in [-0.2, -0.15) is 0 Å². The van der Waals surface area contributed by atoms with Crippen LogP contribution in [-0.4, -0.2) is 35.4 Å². The van der Waals surface area contributed by atoms with Crippen molar-refractivity contribution in [3.63, 3.8) is 0 Å². The van der Waals surface area contributed by atoms with Crippen molar-refractivity contribution in [2.45, 2.75) is 57.8 Å². The molecule has 0 saturated heterocycles. The smallest absolute Gasteiger partial charge is 0.308 e. The molecule has 0 aromatic rings. The summed E-state index contributed by atoms with van der Waals surface area (Å²) < 4.78 is 5.33. The molecule has 1 saturated carbocycles. The number of hydrogen-bond acceptors (Lipinski definition) is 4. The molecule has 2 N–H and O–H groups in total. The Morgan fingerprint density at radius 1 is 1.12 bits per heavy atom. The van der Waals surface area contributed by atoms with E-state index in [1.807, 2.05) is 0 Å². The fraction of sp³-hybridized carbons (Fsp3) is 0.789. The van der Waals surface area contributed by atoms with Crippen molar-refractivity contribution < 1.29 is 24.5 Å². The van der Waals surface area contributed by atoms with Gasteiger partial charge in [0.2, 0.25) is 0 Å². The third-order valence-corrected chi connectivity index (χ3v) is 5.38. The zero-order valence-electron chi connectivity index (χ0n) is 14.4. The summed E-state index contributed by atoms with van der Waals surface area (Å²) in [7, 11) is 0. The van der Waals surface area contributed by atoms with Gasteiger partial charge in [-0.3, -0.25) is 9.59 Å². The Labute approximate surface area is 144 Å². The first-order valence-electron chi connectivity index (χ1n) is 9.27. The molecule has 2 aliphatic carbocycles. The standard InChI is InChI=1S/C19H30O5/c20-10-3-4-15(19(23)24-11-2-1-5-18(21)22)8-9-17-13-14-6-7-16(17)12-14/h6-7,14-17,20H,1-5,8-13H2,(H,21,22). The summed E-state index contributed by atoms with van der Waals surface area (Å²) in [6.07, 6.45) is 11.6. The van der Waals surface area contributed by atoms with E-state index in [0.29, 0.717) is 44.1 Å². The van der Waals surface area contributed by atoms with Crippen LogP contribution in [0.15, 0.2) is 12.2 Å². The van der Waals surface area contributed by atoms with Crippen LogP contribution in [0.25, 0.3) is 0 Å². The topological polar surface area (TPSA) is 83.8 Å². The van der Waals surface area contributed by atoms with Crippen LogP contribution in [0.2, 0.25) is 0 Å². The van der Waals surface area contributed by atoms with Crippen molar-refractivity contribution in [2.75, 3.05) is 13.2 Å². The molecule has 4 unspecified atom stereocenters. The summed E-state index contributed by atoms with van der Waals surface area (Å²) in [4.78, 5) is 22.7. The van der Waals surface area contributed by atoms with E-state index in [2.05, 4.69) is 12.2 Å². The fourth-order valence-electron chi connectivity index (χ4n) is 4.03. The van der Waals surface area contributed by atoms with Gasteiger partial charge in [0, 0.05) is 13.0 Å². The number of rotatable bonds is 12. The van der Waals surface area contributed by atoms with E-state index in [1.54, 1.807) is 0 Å². The summed E-state index contributed by atoms with van der Waals surface area (Å²) >= 11 is 0. The molecule has 2 bridgehead atoms. The molecule has 0 amide bonds. The number of aliphatic hydroxyl groups is 1. The molecule has 2 rings (SSSR count). The van der Waals surface area contributed by atoms with Crippen molar-refractivity contribution in [1.29, 1.82) is 0 Å². The van der Waals surface area contributed by atoms with Gasteiger partial charge in [-0.15, -0.1) is 0 Å². The number of aliphatic carboxylic acids is 1. The molecule has 136 valence electrons. The lowest BCUT2D eigenvalue weighted by Crippen LogP contribution is -2.21. The Morgan fingerprint density at radius 3 is 2.58 bits per heavy atom. The molecule has 24 heavy (non-hydrogen) atoms. The minimum Gasteiger partial charge on any atom is -0.481 e. The maximum absolute atomic E-state index is 12.3. The predicted molar refractivity (Wildman–Crippen MR) is 90.3 cm³/mol. The lowest BCUT2D eigenvalue weighted by atomic mass is 9.85. The van der Waals surface area contributed by atoms with E-state index in [4.69, 9.17) is 14.9 Å². The number of carbonyl (C=O) groups is 2. The maximum Gasteiger partial charge on any atom is 0.308 e. The van der Waals surface area contributed by atoms with Crippen molar-refractivity contribution >= 4 is 11.9 Å². The predicted octanol–water partition coefficient (Wildman–Crippen LogP) is 3.17. The fourth-order valence-corrected chi connectivity index (χ4v) is 4.03. The molecule has 0 aromatic carbocycles. The second kappa shape index (κ2) is 9.82. The second-order valence-electron chi connectivity index (χ2n) is 7.20. The lowest BCUT2D eigenvalue weighted by molar-refractivity contribution is -0.149. The van der Waals surface area contributed by atoms with E-state index < -0.39 is 5.97 Å². The van der Waals surface area contributed by atoms with Crippen LogP contribution in [0.1, 0.15) is 57.8 Å². The number of carbonyl (C=O) groups excluding carboxylic acids is 1. The van der Waals surface area contributed by atoms with Crippen LogP contribution >= 0.6 is 0 Å². The number of allylic oxidation sites excluding steroid dienone is 2. The highest BCUT2D eigenvalue weighted by Crippen LogP contribution is 2.45. The first kappa shape index (κ1) is 19.0. The quantitative estimate of drug-likeness (QED) is 0.324. The van der Waals surface area contributed by atoms with Gasteiger partial charge in [0.05, 0.1) is 12.5 Å². The highest BCUT2D eigenvalue weighted by molar-refractivity contribution is 5.72. The summed E-state index contributed by atoms with van der Waals surface area (Å²) in [5.74, 6) is 0.997. The number of fused-ring (bicyclic) bond motifs is 2. The number of unbranched alkanes of at least 4 members (excludes halogenated alkanes) is 1. The van der Waals surface area contributed by atoms with Crippen LogP contribution in [0.3, 0.4) is 0 Å². The van der Waals surface area contributed by atoms with Gasteiger partial charge in [0.25, 0.3) is 0 Å². The van der Waals surface area contributed by atoms with Crippen LogP contribution in [0.5, 0.6) is 0 Å². The molecule has 4 atom stereocenters. The number of carboxylic acids is 1. The normalized spacial score (nSPS) is 25.8. The number of esters is 1. The Hall–Kier alpha value is -1.36. The Morgan fingerprint density at radius 2 is 1.96 bits per heavy atom. The molecule has 0 spiro atoms. The van der Waals surface area contributed by atoms with Crippen molar-refractivity contribution in [3.05, 3.63) is 12.2 Å². The van der Waals surface area contributed by atoms with E-state index in [1.165, 1.54) is 12.8 Å². The van der Waals surface area contributed by atoms with Gasteiger partial charge in [-0.25, -0.2) is 0 Å². The molecule has 0 radical (unpaired) electrons. The minimum atomic E-state index is -0.818. The summed E-state index contributed by atoms with van der Waals surface area (Å²) in [6, 6.07) is 0. The zero-order chi connectivity index (χ0) is 17.4. The molecule has 1 fully saturated rings. The van der Waals surface area contributed by atoms with E-state index in [-0.39, 0.29) is 24.9 Å². The lowest BCUT2D eigenvalue weighted by Gasteiger charge is -2.21. The average Bonchev–Trinajstić information content (AvgIpc) is 3.17. The third kappa shape index (κ3) is 5.93. The molecule has 5 nitrogen and oxygen atoms in total. The molecular weight excluding hydrogens is 308 g/mol. The first-order valence-corrected chi connectivity index (χ1v) is 9.27. The maximum atomic E-state index is 12.3. The zero-order valence-corrected chi connectivity index (χ0v) is 14.4. The summed E-state index contributed by atoms with van der Waals surface area (Å²) in [6.45, 7) is 0.387. The SMILES string of the molecule is O=C(O)CCCCOC(=O)C(CCCO)CCC1CC2C=CC1C2. The van der Waals surface area contributed by atoms with Crippen molar-refractivity contribution in [1.82, 2.24) is 0 Å². The monoisotopic (exact) mass is 338 g/mol. The van der Waals surface area contributed by atoms with E-state index >= 15 is 0 Å². The van der Waals surface area contributed by atoms with Crippen LogP contribution in [-0.2, 0) is 14.3 Å². The van der Waals surface area contributed by atoms with Crippen molar-refractivity contribution in [3.8, 4) is 0 Å². The van der Waals surface area contributed by atoms with Gasteiger partial charge in [-0.05, 0) is 69.1 Å². The molecule has 2 aliphatic rings. The minimum absolute atomic E-state index is 0.0965. The number of ether oxygens (including phenoxy) is 1. The highest BCUT2D eigenvalue weighted by atomic mass is 16.5. The molecule has 0 aliphatic heterocycles. The summed E-state index contributed by atoms with van der Waals surface area (Å²) in [5.41, 5.74) is 0. The summed E-state index contributed by atoms with van der Waals surface area (Å²) in [5, 5.41) is 17.6.